The standard InChI is InChI=1S/C17H27N3/c1-3-8-17(9-10-18-13-17)14-20-12-11-19(2)15-6-4-5-7-16(15)20/h4-7,18H,3,8-14H2,1-2H3. The van der Waals surface area contributed by atoms with Crippen molar-refractivity contribution < 1.29 is 0 Å². The lowest BCUT2D eigenvalue weighted by atomic mass is 9.81. The molecular formula is C17H27N3. The summed E-state index contributed by atoms with van der Waals surface area (Å²) in [5.74, 6) is 0. The summed E-state index contributed by atoms with van der Waals surface area (Å²) in [7, 11) is 2.20. The van der Waals surface area contributed by atoms with Crippen molar-refractivity contribution in [1.29, 1.82) is 0 Å². The smallest absolute Gasteiger partial charge is 0.0604 e. The quantitative estimate of drug-likeness (QED) is 0.910. The normalized spacial score (nSPS) is 25.9. The average Bonchev–Trinajstić information content (AvgIpc) is 2.91. The van der Waals surface area contributed by atoms with Crippen LogP contribution in [0.1, 0.15) is 26.2 Å². The van der Waals surface area contributed by atoms with Gasteiger partial charge in [0, 0.05) is 38.6 Å². The first-order valence-corrected chi connectivity index (χ1v) is 8.00. The Morgan fingerprint density at radius 2 is 2.00 bits per heavy atom. The van der Waals surface area contributed by atoms with Crippen LogP contribution in [0.4, 0.5) is 11.4 Å². The van der Waals surface area contributed by atoms with Gasteiger partial charge in [-0.25, -0.2) is 0 Å². The summed E-state index contributed by atoms with van der Waals surface area (Å²) < 4.78 is 0. The molecule has 1 aromatic rings. The van der Waals surface area contributed by atoms with Crippen LogP contribution in [0.3, 0.4) is 0 Å². The molecule has 0 aliphatic carbocycles. The lowest BCUT2D eigenvalue weighted by Gasteiger charge is -2.42. The Hall–Kier alpha value is -1.22. The van der Waals surface area contributed by atoms with E-state index in [0.29, 0.717) is 5.41 Å². The van der Waals surface area contributed by atoms with Gasteiger partial charge in [0.1, 0.15) is 0 Å². The zero-order valence-corrected chi connectivity index (χ0v) is 12.9. The summed E-state index contributed by atoms with van der Waals surface area (Å²) in [5, 5.41) is 3.58. The molecule has 3 nitrogen and oxygen atoms in total. The minimum absolute atomic E-state index is 0.484. The third-order valence-electron chi connectivity index (χ3n) is 4.98. The maximum absolute atomic E-state index is 3.58. The van der Waals surface area contributed by atoms with Gasteiger partial charge in [0.05, 0.1) is 11.4 Å². The molecular weight excluding hydrogens is 246 g/mol. The van der Waals surface area contributed by atoms with Crippen LogP contribution >= 0.6 is 0 Å². The van der Waals surface area contributed by atoms with Crippen LogP contribution in [0, 0.1) is 5.41 Å². The van der Waals surface area contributed by atoms with Gasteiger partial charge < -0.3 is 15.1 Å². The van der Waals surface area contributed by atoms with E-state index in [1.165, 1.54) is 50.3 Å². The summed E-state index contributed by atoms with van der Waals surface area (Å²) in [5.41, 5.74) is 3.29. The van der Waals surface area contributed by atoms with Gasteiger partial charge in [-0.15, -0.1) is 0 Å². The van der Waals surface area contributed by atoms with Crippen molar-refractivity contribution >= 4 is 11.4 Å². The Bertz CT molecular complexity index is 451. The molecule has 0 bridgehead atoms. The zero-order chi connectivity index (χ0) is 14.0. The minimum atomic E-state index is 0.484. The summed E-state index contributed by atoms with van der Waals surface area (Å²) in [6.45, 7) is 8.19. The number of hydrogen-bond donors (Lipinski definition) is 1. The molecule has 3 heteroatoms. The van der Waals surface area contributed by atoms with Crippen molar-refractivity contribution in [2.24, 2.45) is 5.41 Å². The Morgan fingerprint density at radius 3 is 2.70 bits per heavy atom. The second-order valence-electron chi connectivity index (χ2n) is 6.51. The van der Waals surface area contributed by atoms with Crippen molar-refractivity contribution in [3.8, 4) is 0 Å². The highest BCUT2D eigenvalue weighted by atomic mass is 15.3. The molecule has 20 heavy (non-hydrogen) atoms. The predicted molar refractivity (Wildman–Crippen MR) is 86.8 cm³/mol. The molecule has 1 fully saturated rings. The largest absolute Gasteiger partial charge is 0.371 e. The Morgan fingerprint density at radius 1 is 1.20 bits per heavy atom. The third kappa shape index (κ3) is 2.51. The average molecular weight is 273 g/mol. The molecule has 0 aromatic heterocycles. The topological polar surface area (TPSA) is 18.5 Å². The van der Waals surface area contributed by atoms with Gasteiger partial charge in [-0.05, 0) is 31.5 Å². The molecule has 1 saturated heterocycles. The summed E-state index contributed by atoms with van der Waals surface area (Å²) in [6.07, 6.45) is 3.96. The Balaban J connectivity index is 1.82. The number of anilines is 2. The van der Waals surface area contributed by atoms with Crippen LogP contribution in [0.2, 0.25) is 0 Å². The van der Waals surface area contributed by atoms with Crippen LogP contribution in [0.5, 0.6) is 0 Å². The molecule has 3 rings (SSSR count). The van der Waals surface area contributed by atoms with Gasteiger partial charge in [-0.1, -0.05) is 25.5 Å². The highest BCUT2D eigenvalue weighted by molar-refractivity contribution is 5.73. The van der Waals surface area contributed by atoms with Crippen LogP contribution < -0.4 is 15.1 Å². The second kappa shape index (κ2) is 5.65. The van der Waals surface area contributed by atoms with Crippen molar-refractivity contribution in [2.75, 3.05) is 49.6 Å². The molecule has 0 spiro atoms. The number of nitrogens with one attached hydrogen (secondary N) is 1. The van der Waals surface area contributed by atoms with E-state index in [-0.39, 0.29) is 0 Å². The molecule has 2 aliphatic rings. The molecule has 2 heterocycles. The highest BCUT2D eigenvalue weighted by Gasteiger charge is 2.36. The zero-order valence-electron chi connectivity index (χ0n) is 12.9. The van der Waals surface area contributed by atoms with E-state index in [4.69, 9.17) is 0 Å². The van der Waals surface area contributed by atoms with E-state index in [1.54, 1.807) is 0 Å². The Labute approximate surface area is 123 Å². The first kappa shape index (κ1) is 13.7. The van der Waals surface area contributed by atoms with Crippen LogP contribution in [0.25, 0.3) is 0 Å². The summed E-state index contributed by atoms with van der Waals surface area (Å²) in [6, 6.07) is 8.86. The van der Waals surface area contributed by atoms with Gasteiger partial charge in [-0.3, -0.25) is 0 Å². The van der Waals surface area contributed by atoms with Crippen molar-refractivity contribution in [2.45, 2.75) is 26.2 Å². The SMILES string of the molecule is CCCC1(CN2CCN(C)c3ccccc32)CCNC1. The van der Waals surface area contributed by atoms with Crippen LogP contribution in [-0.2, 0) is 0 Å². The van der Waals surface area contributed by atoms with Crippen molar-refractivity contribution in [3.63, 3.8) is 0 Å². The maximum Gasteiger partial charge on any atom is 0.0604 e. The fraction of sp³-hybridized carbons (Fsp3) is 0.647. The van der Waals surface area contributed by atoms with E-state index >= 15 is 0 Å². The minimum Gasteiger partial charge on any atom is -0.371 e. The number of hydrogen-bond acceptors (Lipinski definition) is 3. The lowest BCUT2D eigenvalue weighted by molar-refractivity contribution is 0.295. The maximum atomic E-state index is 3.58. The van der Waals surface area contributed by atoms with E-state index in [9.17, 15) is 0 Å². The molecule has 1 N–H and O–H groups in total. The number of benzene rings is 1. The van der Waals surface area contributed by atoms with Gasteiger partial charge in [0.15, 0.2) is 0 Å². The van der Waals surface area contributed by atoms with Crippen LogP contribution in [-0.4, -0.2) is 39.8 Å². The first-order chi connectivity index (χ1) is 9.74. The molecule has 110 valence electrons. The first-order valence-electron chi connectivity index (χ1n) is 8.00. The number of likely N-dealkylation sites (N-methyl/N-ethyl adjacent to an activating group) is 1. The summed E-state index contributed by atoms with van der Waals surface area (Å²) in [4.78, 5) is 5.00. The van der Waals surface area contributed by atoms with Gasteiger partial charge in [0.25, 0.3) is 0 Å². The molecule has 1 atom stereocenters. The fourth-order valence-corrected chi connectivity index (χ4v) is 3.89. The van der Waals surface area contributed by atoms with E-state index in [2.05, 4.69) is 53.4 Å². The van der Waals surface area contributed by atoms with Gasteiger partial charge in [0.2, 0.25) is 0 Å². The number of para-hydroxylation sites is 2. The van der Waals surface area contributed by atoms with E-state index in [1.807, 2.05) is 0 Å². The monoisotopic (exact) mass is 273 g/mol. The lowest BCUT2D eigenvalue weighted by Crippen LogP contribution is -2.45. The molecule has 2 aliphatic heterocycles. The van der Waals surface area contributed by atoms with Crippen molar-refractivity contribution in [1.82, 2.24) is 5.32 Å². The predicted octanol–water partition coefficient (Wildman–Crippen LogP) is 2.72. The fourth-order valence-electron chi connectivity index (χ4n) is 3.89. The van der Waals surface area contributed by atoms with Gasteiger partial charge >= 0.3 is 0 Å². The molecule has 1 aromatic carbocycles. The van der Waals surface area contributed by atoms with E-state index in [0.717, 1.165) is 13.1 Å². The van der Waals surface area contributed by atoms with Gasteiger partial charge in [-0.2, -0.15) is 0 Å². The molecule has 1 unspecified atom stereocenters. The Kier molecular flexibility index (Phi) is 3.88. The summed E-state index contributed by atoms with van der Waals surface area (Å²) >= 11 is 0. The number of rotatable bonds is 4. The molecule has 0 saturated carbocycles. The molecule has 0 radical (unpaired) electrons. The number of nitrogens with zero attached hydrogens (tertiary/aromatic N) is 2. The number of fused-ring (bicyclic) bond motifs is 1. The van der Waals surface area contributed by atoms with Crippen molar-refractivity contribution in [3.05, 3.63) is 24.3 Å². The second-order valence-corrected chi connectivity index (χ2v) is 6.51. The third-order valence-corrected chi connectivity index (χ3v) is 4.98. The highest BCUT2D eigenvalue weighted by Crippen LogP contribution is 2.37. The molecule has 0 amide bonds. The van der Waals surface area contributed by atoms with E-state index < -0.39 is 0 Å². The van der Waals surface area contributed by atoms with Crippen LogP contribution in [0.15, 0.2) is 24.3 Å².